The van der Waals surface area contributed by atoms with E-state index in [1.165, 1.54) is 44.9 Å². The van der Waals surface area contributed by atoms with Crippen molar-refractivity contribution in [2.75, 3.05) is 0 Å². The Balaban J connectivity index is 1.66. The Morgan fingerprint density at radius 2 is 1.65 bits per heavy atom. The Morgan fingerprint density at radius 3 is 2.35 bits per heavy atom. The van der Waals surface area contributed by atoms with Gasteiger partial charge in [0, 0.05) is 0 Å². The van der Waals surface area contributed by atoms with Gasteiger partial charge in [0.2, 0.25) is 0 Å². The van der Waals surface area contributed by atoms with Gasteiger partial charge in [-0.05, 0) is 73.0 Å². The lowest BCUT2D eigenvalue weighted by molar-refractivity contribution is 0.0452. The lowest BCUT2D eigenvalue weighted by Crippen LogP contribution is -2.37. The van der Waals surface area contributed by atoms with E-state index < -0.39 is 0 Å². The van der Waals surface area contributed by atoms with Crippen LogP contribution >= 0.6 is 0 Å². The van der Waals surface area contributed by atoms with Crippen molar-refractivity contribution in [1.82, 2.24) is 0 Å². The minimum absolute atomic E-state index is 0.643. The summed E-state index contributed by atoms with van der Waals surface area (Å²) >= 11 is 0. The highest BCUT2D eigenvalue weighted by Crippen LogP contribution is 2.59. The van der Waals surface area contributed by atoms with E-state index >= 15 is 0 Å². The molecule has 0 aromatic heterocycles. The fraction of sp³-hybridized carbons (Fsp3) is 0.900. The predicted molar refractivity (Wildman–Crippen MR) is 87.5 cm³/mol. The summed E-state index contributed by atoms with van der Waals surface area (Å²) in [5.41, 5.74) is 0.643. The maximum absolute atomic E-state index is 2.62. The van der Waals surface area contributed by atoms with Gasteiger partial charge in [-0.25, -0.2) is 0 Å². The summed E-state index contributed by atoms with van der Waals surface area (Å²) < 4.78 is 0. The summed E-state index contributed by atoms with van der Waals surface area (Å²) in [7, 11) is 0. The highest BCUT2D eigenvalue weighted by Gasteiger charge is 2.50. The molecule has 3 fully saturated rings. The number of fused-ring (bicyclic) bond motifs is 1. The van der Waals surface area contributed by atoms with E-state index in [1.807, 2.05) is 0 Å². The van der Waals surface area contributed by atoms with E-state index in [-0.39, 0.29) is 0 Å². The van der Waals surface area contributed by atoms with Crippen molar-refractivity contribution >= 4 is 0 Å². The van der Waals surface area contributed by atoms with E-state index in [9.17, 15) is 0 Å². The van der Waals surface area contributed by atoms with Crippen molar-refractivity contribution in [2.24, 2.45) is 40.9 Å². The molecule has 3 aliphatic rings. The summed E-state index contributed by atoms with van der Waals surface area (Å²) in [4.78, 5) is 0. The standard InChI is InChI=1S/C20H34/c1-14(17-9-10-17)7-8-16(3)19-12-11-18-15(2)6-5-13-20(18,19)4/h7-8,14-19H,5-6,9-13H2,1-4H3/b8-7+/t14-,15-,16+,18-,19?,20-/m0/s1. The van der Waals surface area contributed by atoms with Gasteiger partial charge >= 0.3 is 0 Å². The van der Waals surface area contributed by atoms with Crippen LogP contribution in [0.3, 0.4) is 0 Å². The lowest BCUT2D eigenvalue weighted by Gasteiger charge is -2.45. The predicted octanol–water partition coefficient (Wildman–Crippen LogP) is 6.08. The van der Waals surface area contributed by atoms with Gasteiger partial charge < -0.3 is 0 Å². The zero-order valence-corrected chi connectivity index (χ0v) is 14.1. The molecule has 114 valence electrons. The molecule has 0 amide bonds. The van der Waals surface area contributed by atoms with Crippen molar-refractivity contribution in [3.63, 3.8) is 0 Å². The monoisotopic (exact) mass is 274 g/mol. The van der Waals surface area contributed by atoms with E-state index in [4.69, 9.17) is 0 Å². The van der Waals surface area contributed by atoms with Gasteiger partial charge in [0.15, 0.2) is 0 Å². The highest BCUT2D eigenvalue weighted by atomic mass is 14.6. The Hall–Kier alpha value is -0.260. The molecule has 3 rings (SSSR count). The lowest BCUT2D eigenvalue weighted by atomic mass is 9.60. The molecule has 0 spiro atoms. The average Bonchev–Trinajstić information content (AvgIpc) is 3.18. The summed E-state index contributed by atoms with van der Waals surface area (Å²) in [5.74, 6) is 5.56. The molecule has 3 aliphatic carbocycles. The second-order valence-corrected chi connectivity index (χ2v) is 8.61. The van der Waals surface area contributed by atoms with Crippen molar-refractivity contribution in [3.05, 3.63) is 12.2 Å². The molecule has 0 aliphatic heterocycles. The molecule has 0 nitrogen and oxygen atoms in total. The first-order chi connectivity index (χ1) is 9.52. The molecule has 0 saturated heterocycles. The molecule has 6 atom stereocenters. The highest BCUT2D eigenvalue weighted by molar-refractivity contribution is 5.05. The van der Waals surface area contributed by atoms with Crippen LogP contribution in [0.4, 0.5) is 0 Å². The van der Waals surface area contributed by atoms with Crippen LogP contribution in [0.2, 0.25) is 0 Å². The summed E-state index contributed by atoms with van der Waals surface area (Å²) in [5, 5.41) is 0. The molecule has 0 aromatic carbocycles. The van der Waals surface area contributed by atoms with Gasteiger partial charge in [-0.3, -0.25) is 0 Å². The van der Waals surface area contributed by atoms with Gasteiger partial charge in [-0.1, -0.05) is 52.7 Å². The van der Waals surface area contributed by atoms with Gasteiger partial charge in [0.1, 0.15) is 0 Å². The Kier molecular flexibility index (Phi) is 4.04. The van der Waals surface area contributed by atoms with Crippen LogP contribution in [-0.2, 0) is 0 Å². The SMILES string of the molecule is C[C@H](/C=C/[C@H](C)C1CC1)C1CC[C@H]2[C@@H](C)CCC[C@]12C. The molecule has 0 aromatic rings. The van der Waals surface area contributed by atoms with Crippen LogP contribution in [0.1, 0.15) is 72.6 Å². The van der Waals surface area contributed by atoms with Crippen LogP contribution < -0.4 is 0 Å². The topological polar surface area (TPSA) is 0 Å². The third-order valence-corrected chi connectivity index (χ3v) is 7.26. The Morgan fingerprint density at radius 1 is 0.950 bits per heavy atom. The number of rotatable bonds is 4. The minimum atomic E-state index is 0.643. The van der Waals surface area contributed by atoms with Gasteiger partial charge in [-0.15, -0.1) is 0 Å². The number of hydrogen-bond acceptors (Lipinski definition) is 0. The summed E-state index contributed by atoms with van der Waals surface area (Å²) in [6, 6.07) is 0. The van der Waals surface area contributed by atoms with Crippen LogP contribution in [0.25, 0.3) is 0 Å². The maximum atomic E-state index is 2.62. The first kappa shape index (κ1) is 14.7. The van der Waals surface area contributed by atoms with Crippen molar-refractivity contribution < 1.29 is 0 Å². The van der Waals surface area contributed by atoms with Crippen LogP contribution in [0, 0.1) is 40.9 Å². The first-order valence-corrected chi connectivity index (χ1v) is 9.20. The molecule has 1 unspecified atom stereocenters. The van der Waals surface area contributed by atoms with E-state index in [0.29, 0.717) is 5.41 Å². The first-order valence-electron chi connectivity index (χ1n) is 9.20. The van der Waals surface area contributed by atoms with Crippen LogP contribution in [0.5, 0.6) is 0 Å². The molecule has 0 N–H and O–H groups in total. The number of hydrogen-bond donors (Lipinski definition) is 0. The smallest absolute Gasteiger partial charge is 0.0228 e. The van der Waals surface area contributed by atoms with Crippen molar-refractivity contribution in [2.45, 2.75) is 72.6 Å². The molecule has 0 bridgehead atoms. The minimum Gasteiger partial charge on any atom is -0.0851 e. The molecule has 0 radical (unpaired) electrons. The van der Waals surface area contributed by atoms with E-state index in [1.54, 1.807) is 0 Å². The van der Waals surface area contributed by atoms with Crippen LogP contribution in [-0.4, -0.2) is 0 Å². The Bertz CT molecular complexity index is 364. The fourth-order valence-electron chi connectivity index (χ4n) is 5.73. The van der Waals surface area contributed by atoms with Gasteiger partial charge in [0.05, 0.1) is 0 Å². The largest absolute Gasteiger partial charge is 0.0851 e. The van der Waals surface area contributed by atoms with Crippen LogP contribution in [0.15, 0.2) is 12.2 Å². The molecule has 3 saturated carbocycles. The fourth-order valence-corrected chi connectivity index (χ4v) is 5.73. The zero-order valence-electron chi connectivity index (χ0n) is 14.1. The molecular weight excluding hydrogens is 240 g/mol. The zero-order chi connectivity index (χ0) is 14.3. The molecule has 0 heterocycles. The normalized spacial score (nSPS) is 44.5. The maximum Gasteiger partial charge on any atom is -0.0228 e. The van der Waals surface area contributed by atoms with Crippen molar-refractivity contribution in [3.8, 4) is 0 Å². The second-order valence-electron chi connectivity index (χ2n) is 8.61. The molecular formula is C20H34. The quantitative estimate of drug-likeness (QED) is 0.545. The van der Waals surface area contributed by atoms with E-state index in [2.05, 4.69) is 39.8 Å². The van der Waals surface area contributed by atoms with Gasteiger partial charge in [-0.2, -0.15) is 0 Å². The second kappa shape index (κ2) is 5.50. The third kappa shape index (κ3) is 2.60. The summed E-state index contributed by atoms with van der Waals surface area (Å²) in [6.45, 7) is 10.1. The summed E-state index contributed by atoms with van der Waals surface area (Å²) in [6.07, 6.45) is 15.5. The van der Waals surface area contributed by atoms with Crippen molar-refractivity contribution in [1.29, 1.82) is 0 Å². The van der Waals surface area contributed by atoms with E-state index in [0.717, 1.165) is 35.5 Å². The molecule has 0 heteroatoms. The third-order valence-electron chi connectivity index (χ3n) is 7.26. The molecule has 20 heavy (non-hydrogen) atoms. The van der Waals surface area contributed by atoms with Gasteiger partial charge in [0.25, 0.3) is 0 Å². The number of allylic oxidation sites excluding steroid dienone is 2. The average molecular weight is 274 g/mol. The Labute approximate surface area is 126 Å².